The van der Waals surface area contributed by atoms with Gasteiger partial charge >= 0.3 is 0 Å². The van der Waals surface area contributed by atoms with Gasteiger partial charge in [0.2, 0.25) is 0 Å². The number of rotatable bonds is 6. The molecule has 4 heteroatoms. The summed E-state index contributed by atoms with van der Waals surface area (Å²) < 4.78 is 0. The van der Waals surface area contributed by atoms with Gasteiger partial charge in [0, 0.05) is 16.7 Å². The lowest BCUT2D eigenvalue weighted by Gasteiger charge is -2.50. The van der Waals surface area contributed by atoms with Crippen LogP contribution >= 0.6 is 0 Å². The highest BCUT2D eigenvalue weighted by Gasteiger charge is 2.45. The molecule has 8 rings (SSSR count). The van der Waals surface area contributed by atoms with E-state index in [1.165, 1.54) is 48.8 Å². The predicted octanol–water partition coefficient (Wildman–Crippen LogP) is 11.2. The Balaban J connectivity index is 1.15. The van der Waals surface area contributed by atoms with Gasteiger partial charge in [-0.1, -0.05) is 111 Å². The van der Waals surface area contributed by atoms with Crippen molar-refractivity contribution in [3.63, 3.8) is 0 Å². The van der Waals surface area contributed by atoms with Gasteiger partial charge in [0.15, 0.2) is 17.5 Å². The van der Waals surface area contributed by atoms with Crippen molar-refractivity contribution in [3.05, 3.63) is 139 Å². The Labute approximate surface area is 289 Å². The average Bonchev–Trinajstić information content (AvgIpc) is 3.14. The van der Waals surface area contributed by atoms with Gasteiger partial charge in [-0.3, -0.25) is 0 Å². The van der Waals surface area contributed by atoms with E-state index < -0.39 is 0 Å². The van der Waals surface area contributed by atoms with Gasteiger partial charge in [-0.05, 0) is 113 Å². The predicted molar refractivity (Wildman–Crippen MR) is 198 cm³/mol. The molecule has 0 aliphatic heterocycles. The van der Waals surface area contributed by atoms with E-state index in [0.717, 1.165) is 45.6 Å². The summed E-state index contributed by atoms with van der Waals surface area (Å²) in [6.07, 6.45) is 6.74. The third kappa shape index (κ3) is 6.30. The van der Waals surface area contributed by atoms with Crippen molar-refractivity contribution in [2.75, 3.05) is 0 Å². The molecule has 0 radical (unpaired) electrons. The molecule has 1 aromatic heterocycles. The van der Waals surface area contributed by atoms with Crippen molar-refractivity contribution in [2.45, 2.75) is 51.4 Å². The van der Waals surface area contributed by atoms with E-state index >= 15 is 0 Å². The third-order valence-corrected chi connectivity index (χ3v) is 10.7. The van der Waals surface area contributed by atoms with E-state index in [1.807, 2.05) is 18.2 Å². The quantitative estimate of drug-likeness (QED) is 0.182. The van der Waals surface area contributed by atoms with E-state index in [1.54, 1.807) is 12.1 Å². The zero-order valence-electron chi connectivity index (χ0n) is 28.2. The maximum absolute atomic E-state index is 9.36. The molecule has 1 heterocycles. The van der Waals surface area contributed by atoms with E-state index in [-0.39, 0.29) is 0 Å². The summed E-state index contributed by atoms with van der Waals surface area (Å²) in [5.74, 6) is 4.26. The van der Waals surface area contributed by atoms with Crippen LogP contribution in [0.4, 0.5) is 0 Å². The topological polar surface area (TPSA) is 62.5 Å². The fourth-order valence-electron chi connectivity index (χ4n) is 8.81. The van der Waals surface area contributed by atoms with Gasteiger partial charge in [-0.2, -0.15) is 5.26 Å². The monoisotopic (exact) mass is 636 g/mol. The van der Waals surface area contributed by atoms with E-state index in [0.29, 0.717) is 28.5 Å². The van der Waals surface area contributed by atoms with Crippen molar-refractivity contribution >= 4 is 0 Å². The smallest absolute Gasteiger partial charge is 0.164 e. The molecule has 5 aromatic carbocycles. The fourth-order valence-corrected chi connectivity index (χ4v) is 8.81. The van der Waals surface area contributed by atoms with Gasteiger partial charge in [0.1, 0.15) is 0 Å². The van der Waals surface area contributed by atoms with Crippen molar-refractivity contribution in [2.24, 2.45) is 17.8 Å². The molecule has 4 atom stereocenters. The fraction of sp³-hybridized carbons (Fsp3) is 0.244. The van der Waals surface area contributed by atoms with Crippen LogP contribution in [-0.4, -0.2) is 15.0 Å². The highest BCUT2D eigenvalue weighted by atomic mass is 15.0. The maximum atomic E-state index is 9.36. The molecule has 240 valence electrons. The molecule has 2 fully saturated rings. The molecule has 2 aliphatic rings. The first-order valence-corrected chi connectivity index (χ1v) is 17.6. The normalized spacial score (nSPS) is 21.5. The van der Waals surface area contributed by atoms with Crippen LogP contribution < -0.4 is 0 Å². The van der Waals surface area contributed by atoms with Gasteiger partial charge in [0.05, 0.1) is 11.6 Å². The van der Waals surface area contributed by atoms with Crippen molar-refractivity contribution in [1.29, 1.82) is 5.26 Å². The lowest BCUT2D eigenvalue weighted by Crippen LogP contribution is -2.42. The summed E-state index contributed by atoms with van der Waals surface area (Å²) in [6, 6.07) is 46.3. The summed E-state index contributed by atoms with van der Waals surface area (Å²) in [5.41, 5.74) is 9.78. The van der Waals surface area contributed by atoms with Crippen LogP contribution in [0.3, 0.4) is 0 Å². The largest absolute Gasteiger partial charge is 0.208 e. The van der Waals surface area contributed by atoms with Crippen LogP contribution in [0, 0.1) is 29.1 Å². The van der Waals surface area contributed by atoms with Gasteiger partial charge in [-0.15, -0.1) is 0 Å². The lowest BCUT2D eigenvalue weighted by atomic mass is 9.54. The second-order valence-corrected chi connectivity index (χ2v) is 14.5. The molecule has 4 nitrogen and oxygen atoms in total. The third-order valence-electron chi connectivity index (χ3n) is 10.7. The van der Waals surface area contributed by atoms with Gasteiger partial charge < -0.3 is 0 Å². The van der Waals surface area contributed by atoms with Crippen LogP contribution in [0.1, 0.15) is 57.1 Å². The second-order valence-electron chi connectivity index (χ2n) is 14.5. The van der Waals surface area contributed by atoms with Crippen LogP contribution in [0.15, 0.2) is 127 Å². The summed E-state index contributed by atoms with van der Waals surface area (Å²) in [4.78, 5) is 14.9. The van der Waals surface area contributed by atoms with Crippen LogP contribution in [0.25, 0.3) is 56.4 Å². The Morgan fingerprint density at radius 3 is 1.59 bits per heavy atom. The minimum absolute atomic E-state index is 0.322. The van der Waals surface area contributed by atoms with Crippen molar-refractivity contribution in [1.82, 2.24) is 15.0 Å². The highest BCUT2D eigenvalue weighted by Crippen LogP contribution is 2.54. The zero-order chi connectivity index (χ0) is 33.4. The Morgan fingerprint density at radius 1 is 0.510 bits per heavy atom. The van der Waals surface area contributed by atoms with Gasteiger partial charge in [0.25, 0.3) is 0 Å². The van der Waals surface area contributed by atoms with Crippen molar-refractivity contribution < 1.29 is 0 Å². The maximum Gasteiger partial charge on any atom is 0.164 e. The lowest BCUT2D eigenvalue weighted by molar-refractivity contribution is 0.0780. The van der Waals surface area contributed by atoms with Crippen LogP contribution in [0.5, 0.6) is 0 Å². The molecule has 2 aliphatic carbocycles. The van der Waals surface area contributed by atoms with E-state index in [9.17, 15) is 5.26 Å². The summed E-state index contributed by atoms with van der Waals surface area (Å²) in [7, 11) is 0. The molecule has 1 unspecified atom stereocenters. The molecule has 6 aromatic rings. The van der Waals surface area contributed by atoms with E-state index in [4.69, 9.17) is 15.0 Å². The zero-order valence-corrected chi connectivity index (χ0v) is 28.2. The molecule has 0 saturated heterocycles. The van der Waals surface area contributed by atoms with Crippen molar-refractivity contribution in [3.8, 4) is 62.5 Å². The number of fused-ring (bicyclic) bond motifs is 2. The first-order valence-electron chi connectivity index (χ1n) is 17.6. The molecular weight excluding hydrogens is 597 g/mol. The molecule has 0 N–H and O–H groups in total. The molecule has 2 saturated carbocycles. The Bertz CT molecular complexity index is 2110. The number of hydrogen-bond acceptors (Lipinski definition) is 4. The first-order chi connectivity index (χ1) is 23.9. The summed E-state index contributed by atoms with van der Waals surface area (Å²) in [5, 5.41) is 9.36. The molecule has 0 amide bonds. The van der Waals surface area contributed by atoms with E-state index in [2.05, 4.69) is 117 Å². The Hall–Kier alpha value is -5.40. The SMILES string of the molecule is C[C@@H]1C[C@@H]2C[C@H](C)CC(c3ccc(-c4cccc(-c5nc(-c6ccc(C#N)cc6)nc(-c6ccc(-c7ccccc7)cc6)n5)c4)cc3)(C1)C2. The number of hydrogen-bond donors (Lipinski definition) is 0. The summed E-state index contributed by atoms with van der Waals surface area (Å²) >= 11 is 0. The molecular formula is C45H40N4. The average molecular weight is 637 g/mol. The highest BCUT2D eigenvalue weighted by molar-refractivity contribution is 5.74. The summed E-state index contributed by atoms with van der Waals surface area (Å²) in [6.45, 7) is 4.91. The number of aromatic nitrogens is 3. The number of nitrogens with zero attached hydrogens (tertiary/aromatic N) is 4. The first kappa shape index (κ1) is 30.9. The van der Waals surface area contributed by atoms with Crippen LogP contribution in [0.2, 0.25) is 0 Å². The van der Waals surface area contributed by atoms with Crippen LogP contribution in [-0.2, 0) is 5.41 Å². The minimum Gasteiger partial charge on any atom is -0.208 e. The number of benzene rings is 5. The standard InChI is InChI=1S/C45H40N4/c1-30-23-33-24-31(2)27-45(26-30,28-33)41-21-19-36(20-22-41)39-9-6-10-40(25-39)44-48-42(37-13-11-32(29-46)12-14-37)47-43(49-44)38-17-15-35(16-18-38)34-7-4-3-5-8-34/h3-22,25,30-31,33H,23-24,26-28H2,1-2H3/t30-,31+,33-,45?. The Morgan fingerprint density at radius 2 is 0.980 bits per heavy atom. The Kier molecular flexibility index (Phi) is 8.14. The van der Waals surface area contributed by atoms with Gasteiger partial charge in [-0.25, -0.2) is 15.0 Å². The molecule has 49 heavy (non-hydrogen) atoms. The second kappa shape index (κ2) is 12.9. The number of nitriles is 1. The molecule has 0 spiro atoms. The molecule has 2 bridgehead atoms. The minimum atomic E-state index is 0.322.